The van der Waals surface area contributed by atoms with Gasteiger partial charge in [0.2, 0.25) is 15.9 Å². The van der Waals surface area contributed by atoms with Crippen LogP contribution in [0.25, 0.3) is 0 Å². The summed E-state index contributed by atoms with van der Waals surface area (Å²) in [6, 6.07) is 11.8. The van der Waals surface area contributed by atoms with Gasteiger partial charge in [-0.1, -0.05) is 29.3 Å². The third-order valence-corrected chi connectivity index (χ3v) is 7.65. The third-order valence-electron chi connectivity index (χ3n) is 5.49. The van der Waals surface area contributed by atoms with Crippen molar-refractivity contribution in [1.82, 2.24) is 9.62 Å². The number of nitrogens with zero attached hydrogens (tertiary/aromatic N) is 1. The molecule has 0 aliphatic carbocycles. The monoisotopic (exact) mass is 450 g/mol. The zero-order valence-electron chi connectivity index (χ0n) is 17.4. The SMILES string of the molecule is COc1ccc(C)cc1C(C)NC(=O)C1CCN(S(=O)(=O)c2ccc(Cl)cc2)CC1. The van der Waals surface area contributed by atoms with Crippen molar-refractivity contribution in [2.75, 3.05) is 20.2 Å². The number of aryl methyl sites for hydroxylation is 1. The summed E-state index contributed by atoms with van der Waals surface area (Å²) in [6.45, 7) is 4.54. The number of sulfonamides is 1. The maximum Gasteiger partial charge on any atom is 0.243 e. The Morgan fingerprint density at radius 2 is 1.80 bits per heavy atom. The summed E-state index contributed by atoms with van der Waals surface area (Å²) in [5, 5.41) is 3.55. The van der Waals surface area contributed by atoms with Gasteiger partial charge in [0.25, 0.3) is 0 Å². The molecule has 1 fully saturated rings. The molecule has 1 unspecified atom stereocenters. The van der Waals surface area contributed by atoms with E-state index in [1.54, 1.807) is 19.2 Å². The number of benzene rings is 2. The van der Waals surface area contributed by atoms with Gasteiger partial charge >= 0.3 is 0 Å². The van der Waals surface area contributed by atoms with E-state index < -0.39 is 10.0 Å². The second kappa shape index (κ2) is 9.37. The number of methoxy groups -OCH3 is 1. The van der Waals surface area contributed by atoms with E-state index in [0.717, 1.165) is 16.9 Å². The highest BCUT2D eigenvalue weighted by atomic mass is 35.5. The summed E-state index contributed by atoms with van der Waals surface area (Å²) in [6.07, 6.45) is 0.965. The molecule has 0 saturated carbocycles. The maximum atomic E-state index is 12.8. The summed E-state index contributed by atoms with van der Waals surface area (Å²) in [7, 11) is -1.97. The van der Waals surface area contributed by atoms with Crippen LogP contribution in [0.1, 0.15) is 36.9 Å². The van der Waals surface area contributed by atoms with Crippen molar-refractivity contribution >= 4 is 27.5 Å². The van der Waals surface area contributed by atoms with Crippen molar-refractivity contribution in [3.63, 3.8) is 0 Å². The number of carbonyl (C=O) groups is 1. The van der Waals surface area contributed by atoms with E-state index in [4.69, 9.17) is 16.3 Å². The lowest BCUT2D eigenvalue weighted by Crippen LogP contribution is -2.43. The minimum Gasteiger partial charge on any atom is -0.496 e. The Morgan fingerprint density at radius 1 is 1.17 bits per heavy atom. The van der Waals surface area contributed by atoms with Gasteiger partial charge in [0.1, 0.15) is 5.75 Å². The lowest BCUT2D eigenvalue weighted by Gasteiger charge is -2.31. The number of halogens is 1. The molecule has 2 aromatic rings. The van der Waals surface area contributed by atoms with Gasteiger partial charge in [-0.2, -0.15) is 4.31 Å². The van der Waals surface area contributed by atoms with Crippen molar-refractivity contribution in [2.24, 2.45) is 5.92 Å². The molecule has 1 saturated heterocycles. The van der Waals surface area contributed by atoms with Crippen molar-refractivity contribution in [1.29, 1.82) is 0 Å². The number of amides is 1. The van der Waals surface area contributed by atoms with Gasteiger partial charge in [-0.3, -0.25) is 4.79 Å². The molecule has 0 aromatic heterocycles. The average molecular weight is 451 g/mol. The molecule has 1 heterocycles. The van der Waals surface area contributed by atoms with E-state index in [0.29, 0.717) is 31.0 Å². The Balaban J connectivity index is 1.61. The molecule has 6 nitrogen and oxygen atoms in total. The highest BCUT2D eigenvalue weighted by molar-refractivity contribution is 7.89. The van der Waals surface area contributed by atoms with Gasteiger partial charge in [0.15, 0.2) is 0 Å². The topological polar surface area (TPSA) is 75.7 Å². The number of ether oxygens (including phenoxy) is 1. The first kappa shape index (κ1) is 22.6. The Hall–Kier alpha value is -2.09. The molecule has 2 aromatic carbocycles. The van der Waals surface area contributed by atoms with E-state index in [9.17, 15) is 13.2 Å². The molecule has 1 amide bonds. The zero-order chi connectivity index (χ0) is 21.9. The molecule has 1 N–H and O–H groups in total. The van der Waals surface area contributed by atoms with E-state index in [-0.39, 0.29) is 22.8 Å². The molecule has 0 spiro atoms. The maximum absolute atomic E-state index is 12.8. The van der Waals surface area contributed by atoms with Crippen LogP contribution in [0.2, 0.25) is 5.02 Å². The van der Waals surface area contributed by atoms with Gasteiger partial charge in [-0.05, 0) is 57.0 Å². The molecule has 1 aliphatic rings. The third kappa shape index (κ3) is 4.96. The highest BCUT2D eigenvalue weighted by Crippen LogP contribution is 2.28. The smallest absolute Gasteiger partial charge is 0.243 e. The largest absolute Gasteiger partial charge is 0.496 e. The summed E-state index contributed by atoms with van der Waals surface area (Å²) in [5.74, 6) is 0.451. The van der Waals surface area contributed by atoms with Crippen LogP contribution in [0.5, 0.6) is 5.75 Å². The van der Waals surface area contributed by atoms with E-state index in [1.807, 2.05) is 32.0 Å². The normalized spacial score (nSPS) is 16.8. The van der Waals surface area contributed by atoms with Crippen LogP contribution in [-0.2, 0) is 14.8 Å². The fourth-order valence-electron chi connectivity index (χ4n) is 3.72. The van der Waals surface area contributed by atoms with Crippen LogP contribution in [0, 0.1) is 12.8 Å². The first-order valence-electron chi connectivity index (χ1n) is 9.93. The number of hydrogen-bond donors (Lipinski definition) is 1. The second-order valence-corrected chi connectivity index (χ2v) is 9.98. The minimum absolute atomic E-state index is 0.0606. The van der Waals surface area contributed by atoms with Crippen LogP contribution >= 0.6 is 11.6 Å². The molecule has 0 bridgehead atoms. The van der Waals surface area contributed by atoms with E-state index in [2.05, 4.69) is 5.32 Å². The van der Waals surface area contributed by atoms with Crippen LogP contribution in [0.15, 0.2) is 47.4 Å². The minimum atomic E-state index is -3.58. The fourth-order valence-corrected chi connectivity index (χ4v) is 5.31. The molecule has 0 radical (unpaired) electrons. The lowest BCUT2D eigenvalue weighted by atomic mass is 9.96. The van der Waals surface area contributed by atoms with Gasteiger partial charge in [-0.25, -0.2) is 8.42 Å². The number of rotatable bonds is 6. The standard InChI is InChI=1S/C22H27ClN2O4S/c1-15-4-9-21(29-3)20(14-15)16(2)24-22(26)17-10-12-25(13-11-17)30(27,28)19-7-5-18(23)6-8-19/h4-9,14,16-17H,10-13H2,1-3H3,(H,24,26). The first-order chi connectivity index (χ1) is 14.2. The Labute approximate surface area is 183 Å². The first-order valence-corrected chi connectivity index (χ1v) is 11.7. The fraction of sp³-hybridized carbons (Fsp3) is 0.409. The number of nitrogens with one attached hydrogen (secondary N) is 1. The Morgan fingerprint density at radius 3 is 2.40 bits per heavy atom. The predicted octanol–water partition coefficient (Wildman–Crippen LogP) is 3.94. The average Bonchev–Trinajstić information content (AvgIpc) is 2.74. The van der Waals surface area contributed by atoms with Gasteiger partial charge in [0, 0.05) is 29.6 Å². The summed E-state index contributed by atoms with van der Waals surface area (Å²) < 4.78 is 32.5. The lowest BCUT2D eigenvalue weighted by molar-refractivity contribution is -0.126. The molecular weight excluding hydrogens is 424 g/mol. The van der Waals surface area contributed by atoms with Crippen molar-refractivity contribution < 1.29 is 17.9 Å². The molecule has 3 rings (SSSR count). The summed E-state index contributed by atoms with van der Waals surface area (Å²) in [5.41, 5.74) is 2.02. The van der Waals surface area contributed by atoms with E-state index in [1.165, 1.54) is 16.4 Å². The van der Waals surface area contributed by atoms with Gasteiger partial charge < -0.3 is 10.1 Å². The van der Waals surface area contributed by atoms with Crippen LogP contribution in [-0.4, -0.2) is 38.8 Å². The Bertz CT molecular complexity index is 1000. The quantitative estimate of drug-likeness (QED) is 0.723. The number of piperidine rings is 1. The Kier molecular flexibility index (Phi) is 7.06. The van der Waals surface area contributed by atoms with Crippen LogP contribution in [0.4, 0.5) is 0 Å². The molecular formula is C22H27ClN2O4S. The molecule has 8 heteroatoms. The van der Waals surface area contributed by atoms with Crippen molar-refractivity contribution in [2.45, 2.75) is 37.6 Å². The summed E-state index contributed by atoms with van der Waals surface area (Å²) in [4.78, 5) is 13.0. The summed E-state index contributed by atoms with van der Waals surface area (Å²) >= 11 is 5.85. The number of carbonyl (C=O) groups excluding carboxylic acids is 1. The second-order valence-electron chi connectivity index (χ2n) is 7.61. The van der Waals surface area contributed by atoms with Gasteiger partial charge in [-0.15, -0.1) is 0 Å². The molecule has 1 aliphatic heterocycles. The zero-order valence-corrected chi connectivity index (χ0v) is 19.0. The van der Waals surface area contributed by atoms with Crippen LogP contribution < -0.4 is 10.1 Å². The van der Waals surface area contributed by atoms with Crippen molar-refractivity contribution in [3.05, 3.63) is 58.6 Å². The highest BCUT2D eigenvalue weighted by Gasteiger charge is 2.32. The van der Waals surface area contributed by atoms with Gasteiger partial charge in [0.05, 0.1) is 18.0 Å². The number of hydrogen-bond acceptors (Lipinski definition) is 4. The van der Waals surface area contributed by atoms with E-state index >= 15 is 0 Å². The molecule has 1 atom stereocenters. The predicted molar refractivity (Wildman–Crippen MR) is 117 cm³/mol. The molecule has 162 valence electrons. The van der Waals surface area contributed by atoms with Crippen molar-refractivity contribution in [3.8, 4) is 5.75 Å². The molecule has 30 heavy (non-hydrogen) atoms. The van der Waals surface area contributed by atoms with Crippen LogP contribution in [0.3, 0.4) is 0 Å².